The molecule has 0 unspecified atom stereocenters. The van der Waals surface area contributed by atoms with E-state index in [4.69, 9.17) is 22.1 Å². The monoisotopic (exact) mass is 259 g/mol. The van der Waals surface area contributed by atoms with Crippen LogP contribution in [-0.2, 0) is 6.54 Å². The molecule has 0 spiro atoms. The zero-order valence-electron chi connectivity index (χ0n) is 9.54. The van der Waals surface area contributed by atoms with E-state index >= 15 is 0 Å². The van der Waals surface area contributed by atoms with Crippen LogP contribution in [0.2, 0.25) is 5.02 Å². The van der Waals surface area contributed by atoms with Crippen molar-refractivity contribution in [3.8, 4) is 5.75 Å². The molecule has 16 heavy (non-hydrogen) atoms. The molecule has 0 atom stereocenters. The Morgan fingerprint density at radius 3 is 2.94 bits per heavy atom. The molecule has 0 aromatic heterocycles. The first kappa shape index (κ1) is 13.7. The van der Waals surface area contributed by atoms with E-state index in [1.807, 2.05) is 30.0 Å². The van der Waals surface area contributed by atoms with Crippen LogP contribution in [0.15, 0.2) is 18.2 Å². The van der Waals surface area contributed by atoms with Crippen LogP contribution in [0.1, 0.15) is 18.9 Å². The third kappa shape index (κ3) is 4.64. The molecule has 0 amide bonds. The Balaban J connectivity index is 2.41. The fourth-order valence-corrected chi connectivity index (χ4v) is 2.14. The summed E-state index contributed by atoms with van der Waals surface area (Å²) in [5, 5.41) is 0.703. The van der Waals surface area contributed by atoms with Crippen molar-refractivity contribution < 1.29 is 4.74 Å². The van der Waals surface area contributed by atoms with Crippen molar-refractivity contribution in [2.24, 2.45) is 5.73 Å². The zero-order valence-corrected chi connectivity index (χ0v) is 11.1. The molecule has 1 aromatic carbocycles. The van der Waals surface area contributed by atoms with Crippen LogP contribution < -0.4 is 10.5 Å². The zero-order chi connectivity index (χ0) is 11.8. The van der Waals surface area contributed by atoms with Crippen molar-refractivity contribution in [3.63, 3.8) is 0 Å². The lowest BCUT2D eigenvalue weighted by molar-refractivity contribution is 0.315. The van der Waals surface area contributed by atoms with Gasteiger partial charge in [0.05, 0.1) is 6.61 Å². The van der Waals surface area contributed by atoms with E-state index in [1.165, 1.54) is 0 Å². The summed E-state index contributed by atoms with van der Waals surface area (Å²) in [6, 6.07) is 5.58. The number of halogens is 1. The molecule has 4 heteroatoms. The Bertz CT molecular complexity index is 320. The Hall–Kier alpha value is -0.380. The Kier molecular flexibility index (Phi) is 6.69. The first-order valence-electron chi connectivity index (χ1n) is 5.47. The Morgan fingerprint density at radius 2 is 2.25 bits per heavy atom. The number of ether oxygens (including phenoxy) is 1. The number of nitrogens with two attached hydrogens (primary N) is 1. The highest BCUT2D eigenvalue weighted by molar-refractivity contribution is 7.99. The van der Waals surface area contributed by atoms with Crippen LogP contribution >= 0.6 is 23.4 Å². The van der Waals surface area contributed by atoms with Gasteiger partial charge in [0.1, 0.15) is 5.75 Å². The molecule has 0 bridgehead atoms. The normalized spacial score (nSPS) is 10.4. The van der Waals surface area contributed by atoms with Crippen LogP contribution in [0.4, 0.5) is 0 Å². The highest BCUT2D eigenvalue weighted by Crippen LogP contribution is 2.22. The smallest absolute Gasteiger partial charge is 0.123 e. The average Bonchev–Trinajstić information content (AvgIpc) is 2.30. The Labute approximate surface area is 107 Å². The molecule has 0 saturated heterocycles. The Morgan fingerprint density at radius 1 is 1.44 bits per heavy atom. The van der Waals surface area contributed by atoms with Crippen molar-refractivity contribution >= 4 is 23.4 Å². The largest absolute Gasteiger partial charge is 0.493 e. The lowest BCUT2D eigenvalue weighted by atomic mass is 10.2. The van der Waals surface area contributed by atoms with E-state index in [9.17, 15) is 0 Å². The quantitative estimate of drug-likeness (QED) is 0.763. The number of hydrogen-bond acceptors (Lipinski definition) is 3. The third-order valence-corrected chi connectivity index (χ3v) is 3.36. The summed E-state index contributed by atoms with van der Waals surface area (Å²) in [6.07, 6.45) is 1.06. The molecule has 0 aliphatic heterocycles. The van der Waals surface area contributed by atoms with E-state index in [2.05, 4.69) is 6.92 Å². The molecule has 1 aromatic rings. The predicted octanol–water partition coefficient (Wildman–Crippen LogP) is 3.32. The molecule has 90 valence electrons. The maximum Gasteiger partial charge on any atom is 0.123 e. The number of benzene rings is 1. The lowest BCUT2D eigenvalue weighted by Gasteiger charge is -2.10. The third-order valence-electron chi connectivity index (χ3n) is 2.14. The van der Waals surface area contributed by atoms with E-state index in [1.54, 1.807) is 0 Å². The molecule has 0 radical (unpaired) electrons. The second-order valence-corrected chi connectivity index (χ2v) is 5.19. The predicted molar refractivity (Wildman–Crippen MR) is 72.5 cm³/mol. The van der Waals surface area contributed by atoms with Crippen molar-refractivity contribution in [2.45, 2.75) is 19.9 Å². The summed E-state index contributed by atoms with van der Waals surface area (Å²) in [7, 11) is 0. The maximum absolute atomic E-state index is 5.88. The van der Waals surface area contributed by atoms with Gasteiger partial charge < -0.3 is 10.5 Å². The summed E-state index contributed by atoms with van der Waals surface area (Å²) in [6.45, 7) is 3.36. The first-order chi connectivity index (χ1) is 7.77. The van der Waals surface area contributed by atoms with Crippen molar-refractivity contribution in [2.75, 3.05) is 18.1 Å². The second kappa shape index (κ2) is 7.82. The van der Waals surface area contributed by atoms with Crippen molar-refractivity contribution in [3.05, 3.63) is 28.8 Å². The molecule has 0 fully saturated rings. The topological polar surface area (TPSA) is 35.2 Å². The van der Waals surface area contributed by atoms with Crippen molar-refractivity contribution in [1.29, 1.82) is 0 Å². The van der Waals surface area contributed by atoms with Gasteiger partial charge in [-0.05, 0) is 36.1 Å². The summed E-state index contributed by atoms with van der Waals surface area (Å²) >= 11 is 7.81. The summed E-state index contributed by atoms with van der Waals surface area (Å²) in [5.74, 6) is 3.16. The summed E-state index contributed by atoms with van der Waals surface area (Å²) < 4.78 is 5.68. The highest BCUT2D eigenvalue weighted by atomic mass is 35.5. The van der Waals surface area contributed by atoms with Gasteiger partial charge >= 0.3 is 0 Å². The molecule has 1 rings (SSSR count). The molecule has 2 N–H and O–H groups in total. The van der Waals surface area contributed by atoms with Crippen LogP contribution in [0, 0.1) is 0 Å². The fraction of sp³-hybridized carbons (Fsp3) is 0.500. The highest BCUT2D eigenvalue weighted by Gasteiger charge is 2.02. The van der Waals surface area contributed by atoms with E-state index in [0.717, 1.165) is 35.8 Å². The van der Waals surface area contributed by atoms with Gasteiger partial charge in [-0.15, -0.1) is 0 Å². The number of rotatable bonds is 7. The van der Waals surface area contributed by atoms with Gasteiger partial charge in [-0.3, -0.25) is 0 Å². The minimum Gasteiger partial charge on any atom is -0.493 e. The fourth-order valence-electron chi connectivity index (χ4n) is 1.34. The van der Waals surface area contributed by atoms with Gasteiger partial charge in [-0.1, -0.05) is 18.5 Å². The SMILES string of the molecule is CCSCCCOc1ccc(Cl)cc1CN. The molecule has 0 saturated carbocycles. The van der Waals surface area contributed by atoms with E-state index in [0.29, 0.717) is 11.6 Å². The average molecular weight is 260 g/mol. The number of hydrogen-bond donors (Lipinski definition) is 1. The minimum atomic E-state index is 0.458. The molecular formula is C12H18ClNOS. The summed E-state index contributed by atoms with van der Waals surface area (Å²) in [4.78, 5) is 0. The van der Waals surface area contributed by atoms with Gasteiger partial charge in [-0.2, -0.15) is 11.8 Å². The van der Waals surface area contributed by atoms with Gasteiger partial charge in [0.15, 0.2) is 0 Å². The van der Waals surface area contributed by atoms with E-state index < -0.39 is 0 Å². The van der Waals surface area contributed by atoms with Crippen molar-refractivity contribution in [1.82, 2.24) is 0 Å². The second-order valence-electron chi connectivity index (χ2n) is 3.36. The molecule has 2 nitrogen and oxygen atoms in total. The van der Waals surface area contributed by atoms with Crippen LogP contribution in [0.5, 0.6) is 5.75 Å². The lowest BCUT2D eigenvalue weighted by Crippen LogP contribution is -2.04. The van der Waals surface area contributed by atoms with Gasteiger partial charge in [-0.25, -0.2) is 0 Å². The molecular weight excluding hydrogens is 242 g/mol. The van der Waals surface area contributed by atoms with Gasteiger partial charge in [0.25, 0.3) is 0 Å². The van der Waals surface area contributed by atoms with Gasteiger partial charge in [0, 0.05) is 17.1 Å². The number of thioether (sulfide) groups is 1. The maximum atomic E-state index is 5.88. The standard InChI is InChI=1S/C12H18ClNOS/c1-2-16-7-3-6-15-12-5-4-11(13)8-10(12)9-14/h4-5,8H,2-3,6-7,9,14H2,1H3. The van der Waals surface area contributed by atoms with Gasteiger partial charge in [0.2, 0.25) is 0 Å². The summed E-state index contributed by atoms with van der Waals surface area (Å²) in [5.41, 5.74) is 6.60. The molecule has 0 aliphatic carbocycles. The van der Waals surface area contributed by atoms with Crippen LogP contribution in [-0.4, -0.2) is 18.1 Å². The van der Waals surface area contributed by atoms with Crippen LogP contribution in [0.3, 0.4) is 0 Å². The van der Waals surface area contributed by atoms with E-state index in [-0.39, 0.29) is 0 Å². The molecule has 0 aliphatic rings. The molecule has 0 heterocycles. The first-order valence-corrected chi connectivity index (χ1v) is 7.00. The minimum absolute atomic E-state index is 0.458. The van der Waals surface area contributed by atoms with Crippen LogP contribution in [0.25, 0.3) is 0 Å².